The molecule has 3 rings (SSSR count). The molecule has 0 unspecified atom stereocenters. The fraction of sp³-hybridized carbons (Fsp3) is 0.333. The van der Waals surface area contributed by atoms with Crippen LogP contribution in [0.4, 0.5) is 5.69 Å². The topological polar surface area (TPSA) is 105 Å². The maximum Gasteiger partial charge on any atom is 0.264 e. The molecule has 0 aliphatic rings. The zero-order valence-corrected chi connectivity index (χ0v) is 24.2. The Hall–Kier alpha value is -4.05. The van der Waals surface area contributed by atoms with E-state index in [9.17, 15) is 18.0 Å². The summed E-state index contributed by atoms with van der Waals surface area (Å²) in [5, 5.41) is 2.88. The maximum atomic E-state index is 14.0. The molecule has 214 valence electrons. The molecule has 3 aromatic carbocycles. The van der Waals surface area contributed by atoms with Gasteiger partial charge in [-0.3, -0.25) is 13.9 Å². The monoisotopic (exact) mass is 567 g/mol. The van der Waals surface area contributed by atoms with Crippen molar-refractivity contribution in [2.24, 2.45) is 0 Å². The van der Waals surface area contributed by atoms with E-state index in [4.69, 9.17) is 9.47 Å². The molecule has 0 saturated carbocycles. The second-order valence-electron chi connectivity index (χ2n) is 9.19. The highest BCUT2D eigenvalue weighted by molar-refractivity contribution is 7.92. The predicted molar refractivity (Wildman–Crippen MR) is 155 cm³/mol. The first-order valence-corrected chi connectivity index (χ1v) is 14.6. The van der Waals surface area contributed by atoms with Crippen LogP contribution in [-0.2, 0) is 26.2 Å². The average molecular weight is 568 g/mol. The Balaban J connectivity index is 2.01. The fourth-order valence-corrected chi connectivity index (χ4v) is 5.56. The Labute approximate surface area is 236 Å². The van der Waals surface area contributed by atoms with Gasteiger partial charge in [0.05, 0.1) is 24.8 Å². The number of nitrogens with one attached hydrogen (secondary N) is 1. The van der Waals surface area contributed by atoms with Crippen LogP contribution in [0.25, 0.3) is 0 Å². The Bertz CT molecular complexity index is 1360. The van der Waals surface area contributed by atoms with Crippen LogP contribution < -0.4 is 19.1 Å². The quantitative estimate of drug-likeness (QED) is 0.292. The first-order valence-electron chi connectivity index (χ1n) is 13.1. The molecule has 1 N–H and O–H groups in total. The molecular formula is C30H37N3O6S. The second kappa shape index (κ2) is 14.4. The third-order valence-corrected chi connectivity index (χ3v) is 8.25. The molecule has 0 saturated heterocycles. The molecule has 0 aliphatic heterocycles. The molecule has 0 radical (unpaired) electrons. The van der Waals surface area contributed by atoms with E-state index in [1.54, 1.807) is 80.8 Å². The third kappa shape index (κ3) is 7.53. The second-order valence-corrected chi connectivity index (χ2v) is 11.0. The first-order chi connectivity index (χ1) is 19.2. The summed E-state index contributed by atoms with van der Waals surface area (Å²) in [7, 11) is -1.17. The summed E-state index contributed by atoms with van der Waals surface area (Å²) < 4.78 is 39.5. The summed E-state index contributed by atoms with van der Waals surface area (Å²) in [6.07, 6.45) is 1.72. The number of carbonyl (C=O) groups excluding carboxylic acids is 2. The molecule has 40 heavy (non-hydrogen) atoms. The van der Waals surface area contributed by atoms with E-state index in [2.05, 4.69) is 5.32 Å². The lowest BCUT2D eigenvalue weighted by molar-refractivity contribution is -0.139. The van der Waals surface area contributed by atoms with E-state index in [-0.39, 0.29) is 23.0 Å². The zero-order valence-electron chi connectivity index (χ0n) is 23.4. The molecule has 0 heterocycles. The van der Waals surface area contributed by atoms with E-state index < -0.39 is 28.5 Å². The lowest BCUT2D eigenvalue weighted by Gasteiger charge is -2.32. The van der Waals surface area contributed by atoms with Gasteiger partial charge in [-0.25, -0.2) is 8.42 Å². The maximum absolute atomic E-state index is 14.0. The molecule has 0 aromatic heterocycles. The number of carbonyl (C=O) groups is 2. The van der Waals surface area contributed by atoms with Crippen molar-refractivity contribution in [3.05, 3.63) is 84.4 Å². The van der Waals surface area contributed by atoms with Crippen molar-refractivity contribution in [3.63, 3.8) is 0 Å². The lowest BCUT2D eigenvalue weighted by Crippen LogP contribution is -2.51. The van der Waals surface area contributed by atoms with Crippen molar-refractivity contribution in [3.8, 4) is 11.5 Å². The van der Waals surface area contributed by atoms with Gasteiger partial charge >= 0.3 is 0 Å². The normalized spacial score (nSPS) is 11.8. The Morgan fingerprint density at radius 2 is 1.55 bits per heavy atom. The van der Waals surface area contributed by atoms with Gasteiger partial charge in [0, 0.05) is 13.1 Å². The minimum absolute atomic E-state index is 0.0285. The number of ether oxygens (including phenoxy) is 2. The third-order valence-electron chi connectivity index (χ3n) is 6.47. The number of anilines is 1. The molecule has 9 nitrogen and oxygen atoms in total. The van der Waals surface area contributed by atoms with Gasteiger partial charge in [0.1, 0.15) is 24.1 Å². The fourth-order valence-electron chi connectivity index (χ4n) is 4.12. The summed E-state index contributed by atoms with van der Waals surface area (Å²) in [6.45, 7) is 3.70. The molecule has 0 bridgehead atoms. The molecular weight excluding hydrogens is 530 g/mol. The van der Waals surface area contributed by atoms with Crippen molar-refractivity contribution in [2.75, 3.05) is 31.6 Å². The predicted octanol–water partition coefficient (Wildman–Crippen LogP) is 4.23. The largest absolute Gasteiger partial charge is 0.497 e. The van der Waals surface area contributed by atoms with Gasteiger partial charge in [-0.1, -0.05) is 55.8 Å². The van der Waals surface area contributed by atoms with Crippen molar-refractivity contribution in [2.45, 2.75) is 44.2 Å². The van der Waals surface area contributed by atoms with Gasteiger partial charge in [-0.2, -0.15) is 0 Å². The van der Waals surface area contributed by atoms with E-state index >= 15 is 0 Å². The highest BCUT2D eigenvalue weighted by Gasteiger charge is 2.33. The summed E-state index contributed by atoms with van der Waals surface area (Å²) in [4.78, 5) is 28.5. The number of methoxy groups -OCH3 is 2. The highest BCUT2D eigenvalue weighted by Crippen LogP contribution is 2.32. The zero-order chi connectivity index (χ0) is 29.1. The van der Waals surface area contributed by atoms with Gasteiger partial charge in [-0.15, -0.1) is 0 Å². The van der Waals surface area contributed by atoms with Crippen molar-refractivity contribution < 1.29 is 27.5 Å². The number of amides is 2. The standard InChI is InChI=1S/C30H37N3O6S/c1-5-6-20-31-30(35)23(2)32(21-24-16-18-25(38-3)19-17-24)29(34)22-33(27-14-10-11-15-28(27)39-4)40(36,37)26-12-8-7-9-13-26/h7-19,23H,5-6,20-22H2,1-4H3,(H,31,35)/t23-/m0/s1. The number of para-hydroxylation sites is 2. The highest BCUT2D eigenvalue weighted by atomic mass is 32.2. The van der Waals surface area contributed by atoms with Crippen LogP contribution >= 0.6 is 0 Å². The van der Waals surface area contributed by atoms with Gasteiger partial charge in [0.25, 0.3) is 10.0 Å². The molecule has 0 fully saturated rings. The van der Waals surface area contributed by atoms with Gasteiger partial charge in [-0.05, 0) is 55.3 Å². The molecule has 3 aromatic rings. The smallest absolute Gasteiger partial charge is 0.264 e. The Morgan fingerprint density at radius 1 is 0.900 bits per heavy atom. The lowest BCUT2D eigenvalue weighted by atomic mass is 10.1. The van der Waals surface area contributed by atoms with Crippen molar-refractivity contribution >= 4 is 27.5 Å². The van der Waals surface area contributed by atoms with E-state index in [1.165, 1.54) is 24.1 Å². The molecule has 0 aliphatic carbocycles. The van der Waals surface area contributed by atoms with Crippen LogP contribution in [0.5, 0.6) is 11.5 Å². The Morgan fingerprint density at radius 3 is 2.17 bits per heavy atom. The number of unbranched alkanes of at least 4 members (excludes halogenated alkanes) is 1. The number of hydrogen-bond acceptors (Lipinski definition) is 6. The first kappa shape index (κ1) is 30.5. The molecule has 0 spiro atoms. The summed E-state index contributed by atoms with van der Waals surface area (Å²) >= 11 is 0. The van der Waals surface area contributed by atoms with E-state index in [0.717, 1.165) is 22.7 Å². The summed E-state index contributed by atoms with van der Waals surface area (Å²) in [6, 6.07) is 20.8. The molecule has 10 heteroatoms. The SMILES string of the molecule is CCCCNC(=O)[C@H](C)N(Cc1ccc(OC)cc1)C(=O)CN(c1ccccc1OC)S(=O)(=O)c1ccccc1. The van der Waals surface area contributed by atoms with Gasteiger partial charge in [0.2, 0.25) is 11.8 Å². The summed E-state index contributed by atoms with van der Waals surface area (Å²) in [5.41, 5.74) is 0.976. The van der Waals surface area contributed by atoms with Gasteiger partial charge in [0.15, 0.2) is 0 Å². The molecule has 2 amide bonds. The minimum Gasteiger partial charge on any atom is -0.497 e. The van der Waals surface area contributed by atoms with Crippen LogP contribution in [0.1, 0.15) is 32.3 Å². The number of sulfonamides is 1. The molecule has 1 atom stereocenters. The average Bonchev–Trinajstić information content (AvgIpc) is 2.98. The number of nitrogens with zero attached hydrogens (tertiary/aromatic N) is 2. The van der Waals surface area contributed by atoms with Crippen LogP contribution in [-0.4, -0.2) is 58.5 Å². The van der Waals surface area contributed by atoms with Crippen LogP contribution in [0.2, 0.25) is 0 Å². The van der Waals surface area contributed by atoms with Crippen LogP contribution in [0.15, 0.2) is 83.8 Å². The number of rotatable bonds is 14. The summed E-state index contributed by atoms with van der Waals surface area (Å²) in [5.74, 6) is 0.0922. The minimum atomic E-state index is -4.17. The van der Waals surface area contributed by atoms with Crippen LogP contribution in [0, 0.1) is 0 Å². The van der Waals surface area contributed by atoms with Crippen molar-refractivity contribution in [1.82, 2.24) is 10.2 Å². The van der Waals surface area contributed by atoms with Crippen LogP contribution in [0.3, 0.4) is 0 Å². The Kier molecular flexibility index (Phi) is 11.0. The number of benzene rings is 3. The van der Waals surface area contributed by atoms with E-state index in [0.29, 0.717) is 18.0 Å². The van der Waals surface area contributed by atoms with E-state index in [1.807, 2.05) is 6.92 Å². The number of hydrogen-bond donors (Lipinski definition) is 1. The van der Waals surface area contributed by atoms with Gasteiger partial charge < -0.3 is 19.7 Å². The van der Waals surface area contributed by atoms with Crippen molar-refractivity contribution in [1.29, 1.82) is 0 Å².